The van der Waals surface area contributed by atoms with Gasteiger partial charge in [0.2, 0.25) is 11.8 Å². The van der Waals surface area contributed by atoms with Crippen molar-refractivity contribution in [2.45, 2.75) is 69.3 Å². The Balaban J connectivity index is 0.996. The highest BCUT2D eigenvalue weighted by atomic mass is 32.1. The van der Waals surface area contributed by atoms with Crippen molar-refractivity contribution < 1.29 is 29.0 Å². The van der Waals surface area contributed by atoms with Gasteiger partial charge in [-0.3, -0.25) is 14.9 Å². The molecule has 0 bridgehead atoms. The molecular weight excluding hydrogens is 735 g/mol. The first-order chi connectivity index (χ1) is 27.2. The van der Waals surface area contributed by atoms with Gasteiger partial charge in [-0.15, -0.1) is 11.3 Å². The Morgan fingerprint density at radius 3 is 1.86 bits per heavy atom. The summed E-state index contributed by atoms with van der Waals surface area (Å²) in [6.45, 7) is 3.29. The number of aromatic amines is 2. The van der Waals surface area contributed by atoms with Crippen molar-refractivity contribution in [3.05, 3.63) is 89.2 Å². The highest BCUT2D eigenvalue weighted by molar-refractivity contribution is 7.07. The zero-order valence-electron chi connectivity index (χ0n) is 31.6. The predicted octanol–water partition coefficient (Wildman–Crippen LogP) is 5.39. The molecule has 0 spiro atoms. The van der Waals surface area contributed by atoms with Crippen molar-refractivity contribution in [3.63, 3.8) is 0 Å². The molecule has 0 saturated carbocycles. The number of likely N-dealkylation sites (tertiary alicyclic amines) is 2. The van der Waals surface area contributed by atoms with E-state index in [0.29, 0.717) is 24.6 Å². The number of hydrogen-bond acceptors (Lipinski definition) is 10. The Kier molecular flexibility index (Phi) is 12.2. The Morgan fingerprint density at radius 1 is 0.839 bits per heavy atom. The summed E-state index contributed by atoms with van der Waals surface area (Å²) < 4.78 is 10.7. The van der Waals surface area contributed by atoms with Gasteiger partial charge in [-0.25, -0.2) is 19.7 Å². The molecule has 5 N–H and O–H groups in total. The smallest absolute Gasteiger partial charge is 0.405 e. The second kappa shape index (κ2) is 17.6. The van der Waals surface area contributed by atoms with E-state index in [1.807, 2.05) is 35.5 Å². The van der Waals surface area contributed by atoms with E-state index in [0.717, 1.165) is 65.1 Å². The van der Waals surface area contributed by atoms with Gasteiger partial charge in [-0.2, -0.15) is 0 Å². The largest absolute Gasteiger partial charge is 0.465 e. The number of carboxylic acid groups (broad SMARTS) is 1. The fraction of sp³-hybridized carbons (Fsp3) is 0.400. The third kappa shape index (κ3) is 8.53. The molecule has 0 radical (unpaired) electrons. The van der Waals surface area contributed by atoms with Crippen LogP contribution in [0.15, 0.2) is 71.8 Å². The molecule has 3 aromatic heterocycles. The average molecular weight is 782 g/mol. The molecule has 2 aromatic carbocycles. The number of benzene rings is 2. The number of nitrogens with one attached hydrogen (secondary N) is 4. The summed E-state index contributed by atoms with van der Waals surface area (Å²) in [6.07, 6.45) is 5.45. The quantitative estimate of drug-likeness (QED) is 0.0861. The number of amides is 3. The van der Waals surface area contributed by atoms with Crippen molar-refractivity contribution in [3.8, 4) is 33.6 Å². The molecule has 2 fully saturated rings. The zero-order chi connectivity index (χ0) is 39.2. The van der Waals surface area contributed by atoms with E-state index in [2.05, 4.69) is 67.0 Å². The molecular formula is C40H47N9O6S. The topological polar surface area (TPSA) is 191 Å². The summed E-state index contributed by atoms with van der Waals surface area (Å²) in [5.41, 5.74) is 8.11. The number of hydrogen-bond donors (Lipinski definition) is 5. The number of carbonyl (C=O) groups is 3. The highest BCUT2D eigenvalue weighted by Crippen LogP contribution is 2.35. The number of imidazole rings is 2. The van der Waals surface area contributed by atoms with Crippen LogP contribution in [0.1, 0.15) is 62.0 Å². The van der Waals surface area contributed by atoms with Gasteiger partial charge >= 0.3 is 6.09 Å². The minimum Gasteiger partial charge on any atom is -0.465 e. The number of nitrogens with zero attached hydrogens (tertiary/aromatic N) is 5. The van der Waals surface area contributed by atoms with Gasteiger partial charge < -0.3 is 39.7 Å². The monoisotopic (exact) mass is 781 g/mol. The first kappa shape index (κ1) is 38.8. The number of thiazole rings is 1. The third-order valence-corrected chi connectivity index (χ3v) is 11.3. The lowest BCUT2D eigenvalue weighted by molar-refractivity contribution is -0.138. The second-order valence-electron chi connectivity index (χ2n) is 14.1. The van der Waals surface area contributed by atoms with E-state index >= 15 is 0 Å². The molecule has 2 saturated heterocycles. The maximum absolute atomic E-state index is 13.6. The standard InChI is InChI=1S/C40H47N9O6S/c1-24(55-3)35(43-22-54-2)39(51)49-17-5-7-34(49)37-42-20-32(46-37)28-14-10-26(11-15-28)25-8-12-27(13-9-25)31-19-41-36(45-31)33-6-4-16-48(33)38(50)30(47-40(52)53)18-29-21-56-23-44-29/h8-15,19-21,23-24,30,33-35,43,47H,4-7,16-18,22H2,1-3H3,(H,41,45)(H,42,46)(H,52,53)/t24-,30+,33+,34+,35+/m1/s1. The number of aromatic nitrogens is 5. The third-order valence-electron chi connectivity index (χ3n) is 10.7. The number of methoxy groups -OCH3 is 2. The Labute approximate surface area is 328 Å². The summed E-state index contributed by atoms with van der Waals surface area (Å²) in [5, 5.41) is 16.8. The van der Waals surface area contributed by atoms with Gasteiger partial charge in [0, 0.05) is 39.1 Å². The van der Waals surface area contributed by atoms with Gasteiger partial charge in [0.25, 0.3) is 0 Å². The molecule has 2 aliphatic heterocycles. The summed E-state index contributed by atoms with van der Waals surface area (Å²) in [6, 6.07) is 14.6. The lowest BCUT2D eigenvalue weighted by atomic mass is 10.0. The van der Waals surface area contributed by atoms with Crippen LogP contribution in [-0.4, -0.2) is 110 Å². The van der Waals surface area contributed by atoms with Gasteiger partial charge in [0.05, 0.1) is 59.9 Å². The van der Waals surface area contributed by atoms with Crippen LogP contribution in [0.2, 0.25) is 0 Å². The molecule has 56 heavy (non-hydrogen) atoms. The SMILES string of the molecule is COCN[C@H](C(=O)N1CCC[C@H]1c1ncc(-c2ccc(-c3ccc(-c4cnc([C@@H]5CCCN5C(=O)[C@H](Cc5cscn5)NC(=O)O)[nH]4)cc3)cc2)[nH]1)[C@@H](C)OC. The summed E-state index contributed by atoms with van der Waals surface area (Å²) >= 11 is 1.40. The molecule has 5 atom stereocenters. The number of rotatable bonds is 15. The summed E-state index contributed by atoms with van der Waals surface area (Å²) in [4.78, 5) is 62.9. The summed E-state index contributed by atoms with van der Waals surface area (Å²) in [7, 11) is 3.18. The molecule has 2 aliphatic rings. The molecule has 294 valence electrons. The second-order valence-corrected chi connectivity index (χ2v) is 14.9. The van der Waals surface area contributed by atoms with Crippen LogP contribution in [0, 0.1) is 0 Å². The Hall–Kier alpha value is -5.42. The Bertz CT molecular complexity index is 2080. The molecule has 15 nitrogen and oxygen atoms in total. The first-order valence-electron chi connectivity index (χ1n) is 18.8. The molecule has 7 rings (SSSR count). The van der Waals surface area contributed by atoms with Gasteiger partial charge in [0.1, 0.15) is 23.7 Å². The van der Waals surface area contributed by atoms with Crippen LogP contribution in [0.3, 0.4) is 0 Å². The fourth-order valence-electron chi connectivity index (χ4n) is 7.66. The van der Waals surface area contributed by atoms with Crippen molar-refractivity contribution in [1.82, 2.24) is 45.4 Å². The molecule has 5 aromatic rings. The van der Waals surface area contributed by atoms with Crippen LogP contribution >= 0.6 is 11.3 Å². The average Bonchev–Trinajstić information content (AvgIpc) is 4.07. The maximum Gasteiger partial charge on any atom is 0.405 e. The molecule has 0 unspecified atom stereocenters. The minimum atomic E-state index is -1.25. The van der Waals surface area contributed by atoms with Crippen LogP contribution in [0.25, 0.3) is 33.6 Å². The van der Waals surface area contributed by atoms with Crippen LogP contribution in [-0.2, 0) is 25.5 Å². The van der Waals surface area contributed by atoms with Crippen LogP contribution in [0.5, 0.6) is 0 Å². The minimum absolute atomic E-state index is 0.0309. The molecule has 0 aliphatic carbocycles. The van der Waals surface area contributed by atoms with E-state index in [9.17, 15) is 19.5 Å². The van der Waals surface area contributed by atoms with E-state index in [1.54, 1.807) is 30.8 Å². The first-order valence-corrected chi connectivity index (χ1v) is 19.7. The van der Waals surface area contributed by atoms with Crippen molar-refractivity contribution in [2.75, 3.05) is 34.0 Å². The maximum atomic E-state index is 13.6. The van der Waals surface area contributed by atoms with Crippen molar-refractivity contribution >= 4 is 29.2 Å². The van der Waals surface area contributed by atoms with Crippen molar-refractivity contribution in [2.24, 2.45) is 0 Å². The number of carbonyl (C=O) groups excluding carboxylic acids is 2. The molecule has 3 amide bonds. The number of ether oxygens (including phenoxy) is 2. The highest BCUT2D eigenvalue weighted by Gasteiger charge is 2.38. The van der Waals surface area contributed by atoms with Gasteiger partial charge in [-0.1, -0.05) is 48.5 Å². The van der Waals surface area contributed by atoms with E-state index in [4.69, 9.17) is 14.5 Å². The number of H-pyrrole nitrogens is 2. The van der Waals surface area contributed by atoms with Gasteiger partial charge in [-0.05, 0) is 54.9 Å². The van der Waals surface area contributed by atoms with Crippen LogP contribution in [0.4, 0.5) is 4.79 Å². The summed E-state index contributed by atoms with van der Waals surface area (Å²) in [5.74, 6) is 1.12. The van der Waals surface area contributed by atoms with E-state index in [-0.39, 0.29) is 43.2 Å². The van der Waals surface area contributed by atoms with Gasteiger partial charge in [0.15, 0.2) is 0 Å². The van der Waals surface area contributed by atoms with E-state index in [1.165, 1.54) is 11.3 Å². The van der Waals surface area contributed by atoms with Crippen LogP contribution < -0.4 is 10.6 Å². The molecule has 5 heterocycles. The zero-order valence-corrected chi connectivity index (χ0v) is 32.4. The lowest BCUT2D eigenvalue weighted by Gasteiger charge is -2.30. The van der Waals surface area contributed by atoms with E-state index < -0.39 is 18.2 Å². The predicted molar refractivity (Wildman–Crippen MR) is 210 cm³/mol. The lowest BCUT2D eigenvalue weighted by Crippen LogP contribution is -2.52. The Morgan fingerprint density at radius 2 is 1.38 bits per heavy atom. The van der Waals surface area contributed by atoms with Crippen molar-refractivity contribution in [1.29, 1.82) is 0 Å². The normalized spacial score (nSPS) is 18.6. The molecule has 16 heteroatoms. The fourth-order valence-corrected chi connectivity index (χ4v) is 8.23.